The Hall–Kier alpha value is -0.450. The molecule has 0 aliphatic rings. The monoisotopic (exact) mass is 263 g/mol. The van der Waals surface area contributed by atoms with Gasteiger partial charge in [0.1, 0.15) is 5.75 Å². The minimum Gasteiger partial charge on any atom is -0.494 e. The summed E-state index contributed by atoms with van der Waals surface area (Å²) in [5.41, 5.74) is 6.36. The lowest BCUT2D eigenvalue weighted by atomic mass is 10.3. The van der Waals surface area contributed by atoms with Crippen LogP contribution in [0.2, 0.25) is 0 Å². The number of rotatable bonds is 2. The highest BCUT2D eigenvalue weighted by atomic mass is 127. The van der Waals surface area contributed by atoms with Crippen LogP contribution in [0.1, 0.15) is 6.92 Å². The second kappa shape index (κ2) is 3.80. The van der Waals surface area contributed by atoms with Crippen LogP contribution < -0.4 is 10.5 Å². The highest BCUT2D eigenvalue weighted by molar-refractivity contribution is 14.1. The highest BCUT2D eigenvalue weighted by Crippen LogP contribution is 2.19. The van der Waals surface area contributed by atoms with Crippen molar-refractivity contribution in [3.05, 3.63) is 21.8 Å². The van der Waals surface area contributed by atoms with E-state index >= 15 is 0 Å². The molecule has 2 nitrogen and oxygen atoms in total. The van der Waals surface area contributed by atoms with E-state index in [0.717, 1.165) is 15.0 Å². The van der Waals surface area contributed by atoms with Crippen molar-refractivity contribution < 1.29 is 4.74 Å². The lowest BCUT2D eigenvalue weighted by Crippen LogP contribution is -1.93. The van der Waals surface area contributed by atoms with Gasteiger partial charge in [-0.1, -0.05) is 0 Å². The topological polar surface area (TPSA) is 35.2 Å². The molecule has 11 heavy (non-hydrogen) atoms. The third-order valence-electron chi connectivity index (χ3n) is 1.20. The van der Waals surface area contributed by atoms with Crippen molar-refractivity contribution in [2.24, 2.45) is 0 Å². The standard InChI is InChI=1S/C8H10INO/c1-2-11-8-4-6(9)3-7(10)5-8/h3-5H,2,10H2,1H3. The van der Waals surface area contributed by atoms with Gasteiger partial charge in [0.2, 0.25) is 0 Å². The van der Waals surface area contributed by atoms with E-state index < -0.39 is 0 Å². The van der Waals surface area contributed by atoms with E-state index in [4.69, 9.17) is 10.5 Å². The first-order valence-electron chi connectivity index (χ1n) is 3.41. The van der Waals surface area contributed by atoms with Crippen molar-refractivity contribution in [3.63, 3.8) is 0 Å². The molecule has 0 fully saturated rings. The van der Waals surface area contributed by atoms with Gasteiger partial charge in [-0.25, -0.2) is 0 Å². The molecule has 0 unspecified atom stereocenters. The average molecular weight is 263 g/mol. The second-order valence-electron chi connectivity index (χ2n) is 2.15. The quantitative estimate of drug-likeness (QED) is 0.656. The molecule has 2 N–H and O–H groups in total. The summed E-state index contributed by atoms with van der Waals surface area (Å²) < 4.78 is 6.39. The molecule has 0 atom stereocenters. The summed E-state index contributed by atoms with van der Waals surface area (Å²) >= 11 is 2.21. The van der Waals surface area contributed by atoms with Gasteiger partial charge in [0.05, 0.1) is 6.61 Å². The van der Waals surface area contributed by atoms with Gasteiger partial charge in [-0.15, -0.1) is 0 Å². The summed E-state index contributed by atoms with van der Waals surface area (Å²) in [5.74, 6) is 0.844. The molecule has 0 amide bonds. The van der Waals surface area contributed by atoms with Crippen molar-refractivity contribution in [2.75, 3.05) is 12.3 Å². The molecule has 0 bridgehead atoms. The Labute approximate surface area is 79.9 Å². The third-order valence-corrected chi connectivity index (χ3v) is 1.83. The van der Waals surface area contributed by atoms with Crippen LogP contribution in [0.25, 0.3) is 0 Å². The van der Waals surface area contributed by atoms with Gasteiger partial charge in [0.25, 0.3) is 0 Å². The number of hydrogen-bond donors (Lipinski definition) is 1. The zero-order valence-corrected chi connectivity index (χ0v) is 8.46. The van der Waals surface area contributed by atoms with E-state index in [2.05, 4.69) is 22.6 Å². The fourth-order valence-electron chi connectivity index (χ4n) is 0.834. The van der Waals surface area contributed by atoms with Crippen LogP contribution in [0.5, 0.6) is 5.75 Å². The van der Waals surface area contributed by atoms with E-state index in [0.29, 0.717) is 6.61 Å². The molecular formula is C8H10INO. The fourth-order valence-corrected chi connectivity index (χ4v) is 1.50. The first kappa shape index (κ1) is 8.64. The Bertz CT molecular complexity index is 230. The lowest BCUT2D eigenvalue weighted by Gasteiger charge is -2.03. The molecule has 1 rings (SSSR count). The zero-order chi connectivity index (χ0) is 8.27. The first-order valence-corrected chi connectivity index (χ1v) is 4.49. The van der Waals surface area contributed by atoms with Crippen molar-refractivity contribution >= 4 is 28.3 Å². The van der Waals surface area contributed by atoms with E-state index in [9.17, 15) is 0 Å². The van der Waals surface area contributed by atoms with Crippen LogP contribution in [-0.2, 0) is 0 Å². The molecule has 3 heteroatoms. The second-order valence-corrected chi connectivity index (χ2v) is 3.40. The normalized spacial score (nSPS) is 9.64. The van der Waals surface area contributed by atoms with Crippen molar-refractivity contribution in [2.45, 2.75) is 6.92 Å². The van der Waals surface area contributed by atoms with Gasteiger partial charge < -0.3 is 10.5 Å². The molecule has 0 saturated heterocycles. The van der Waals surface area contributed by atoms with Crippen LogP contribution in [0, 0.1) is 3.57 Å². The number of benzene rings is 1. The summed E-state index contributed by atoms with van der Waals surface area (Å²) in [6.07, 6.45) is 0. The highest BCUT2D eigenvalue weighted by Gasteiger charge is 1.95. The van der Waals surface area contributed by atoms with E-state index in [1.807, 2.05) is 25.1 Å². The molecule has 0 spiro atoms. The van der Waals surface area contributed by atoms with Crippen molar-refractivity contribution in [1.29, 1.82) is 0 Å². The summed E-state index contributed by atoms with van der Waals surface area (Å²) in [6.45, 7) is 2.63. The number of halogens is 1. The predicted molar refractivity (Wildman–Crippen MR) is 54.7 cm³/mol. The average Bonchev–Trinajstić information content (AvgIpc) is 1.85. The van der Waals surface area contributed by atoms with Crippen LogP contribution in [0.15, 0.2) is 18.2 Å². The number of nitrogen functional groups attached to an aromatic ring is 1. The summed E-state index contributed by atoms with van der Waals surface area (Å²) in [6, 6.07) is 5.69. The minimum absolute atomic E-state index is 0.680. The number of ether oxygens (including phenoxy) is 1. The lowest BCUT2D eigenvalue weighted by molar-refractivity contribution is 0.340. The maximum atomic E-state index is 5.60. The van der Waals surface area contributed by atoms with Crippen molar-refractivity contribution in [1.82, 2.24) is 0 Å². The maximum Gasteiger partial charge on any atom is 0.122 e. The molecule has 60 valence electrons. The Balaban J connectivity index is 2.89. The van der Waals surface area contributed by atoms with Crippen molar-refractivity contribution in [3.8, 4) is 5.75 Å². The molecule has 0 heterocycles. The molecule has 0 aliphatic carbocycles. The molecule has 1 aromatic carbocycles. The van der Waals surface area contributed by atoms with E-state index in [-0.39, 0.29) is 0 Å². The predicted octanol–water partition coefficient (Wildman–Crippen LogP) is 2.27. The fraction of sp³-hybridized carbons (Fsp3) is 0.250. The zero-order valence-electron chi connectivity index (χ0n) is 6.30. The summed E-state index contributed by atoms with van der Waals surface area (Å²) in [7, 11) is 0. The van der Waals surface area contributed by atoms with Crippen LogP contribution in [0.4, 0.5) is 5.69 Å². The summed E-state index contributed by atoms with van der Waals surface area (Å²) in [5, 5.41) is 0. The number of nitrogens with two attached hydrogens (primary N) is 1. The Morgan fingerprint density at radius 3 is 2.73 bits per heavy atom. The van der Waals surface area contributed by atoms with Crippen LogP contribution in [-0.4, -0.2) is 6.61 Å². The number of anilines is 1. The van der Waals surface area contributed by atoms with E-state index in [1.165, 1.54) is 0 Å². The molecule has 1 aromatic rings. The number of hydrogen-bond acceptors (Lipinski definition) is 2. The maximum absolute atomic E-state index is 5.60. The Morgan fingerprint density at radius 1 is 1.45 bits per heavy atom. The van der Waals surface area contributed by atoms with Gasteiger partial charge in [-0.05, 0) is 41.6 Å². The first-order chi connectivity index (χ1) is 5.22. The SMILES string of the molecule is CCOc1cc(N)cc(I)c1. The Morgan fingerprint density at radius 2 is 2.18 bits per heavy atom. The molecule has 0 saturated carbocycles. The van der Waals surface area contributed by atoms with Gasteiger partial charge in [0.15, 0.2) is 0 Å². The van der Waals surface area contributed by atoms with Gasteiger partial charge in [-0.3, -0.25) is 0 Å². The van der Waals surface area contributed by atoms with E-state index in [1.54, 1.807) is 0 Å². The van der Waals surface area contributed by atoms with Crippen LogP contribution >= 0.6 is 22.6 Å². The molecular weight excluding hydrogens is 253 g/mol. The summed E-state index contributed by atoms with van der Waals surface area (Å²) in [4.78, 5) is 0. The van der Waals surface area contributed by atoms with Gasteiger partial charge in [0, 0.05) is 15.3 Å². The van der Waals surface area contributed by atoms with Gasteiger partial charge in [-0.2, -0.15) is 0 Å². The third kappa shape index (κ3) is 2.57. The van der Waals surface area contributed by atoms with Gasteiger partial charge >= 0.3 is 0 Å². The largest absolute Gasteiger partial charge is 0.494 e. The Kier molecular flexibility index (Phi) is 2.99. The molecule has 0 radical (unpaired) electrons. The molecule has 0 aliphatic heterocycles. The van der Waals surface area contributed by atoms with Crippen LogP contribution in [0.3, 0.4) is 0 Å². The smallest absolute Gasteiger partial charge is 0.122 e. The minimum atomic E-state index is 0.680. The molecule has 0 aromatic heterocycles.